The van der Waals surface area contributed by atoms with Crippen molar-refractivity contribution >= 4 is 21.9 Å². The van der Waals surface area contributed by atoms with Crippen LogP contribution in [0.1, 0.15) is 71.0 Å². The van der Waals surface area contributed by atoms with E-state index in [2.05, 4.69) is 29.8 Å². The minimum atomic E-state index is -0.821. The van der Waals surface area contributed by atoms with Crippen LogP contribution in [0.2, 0.25) is 0 Å². The number of methoxy groups -OCH3 is 1. The second-order valence-corrected chi connectivity index (χ2v) is 11.5. The zero-order chi connectivity index (χ0) is 24.1. The summed E-state index contributed by atoms with van der Waals surface area (Å²) in [5, 5.41) is 0. The van der Waals surface area contributed by atoms with E-state index in [1.54, 1.807) is 0 Å². The van der Waals surface area contributed by atoms with E-state index >= 15 is 0 Å². The molecule has 4 unspecified atom stereocenters. The third-order valence-electron chi connectivity index (χ3n) is 8.48. The molecule has 7 nitrogen and oxygen atoms in total. The van der Waals surface area contributed by atoms with Gasteiger partial charge in [-0.05, 0) is 62.1 Å². The van der Waals surface area contributed by atoms with Crippen molar-refractivity contribution in [1.82, 2.24) is 0 Å². The maximum atomic E-state index is 11.9. The second kappa shape index (κ2) is 9.45. The highest BCUT2D eigenvalue weighted by molar-refractivity contribution is 9.10. The summed E-state index contributed by atoms with van der Waals surface area (Å²) in [6.45, 7) is 6.41. The molecule has 0 N–H and O–H groups in total. The molecule has 0 amide bonds. The van der Waals surface area contributed by atoms with Gasteiger partial charge in [-0.2, -0.15) is 0 Å². The molecule has 34 heavy (non-hydrogen) atoms. The topological polar surface area (TPSA) is 72.5 Å². The Morgan fingerprint density at radius 1 is 1.15 bits per heavy atom. The van der Waals surface area contributed by atoms with Crippen molar-refractivity contribution in [3.05, 3.63) is 34.3 Å². The van der Waals surface area contributed by atoms with Crippen molar-refractivity contribution in [3.8, 4) is 0 Å². The van der Waals surface area contributed by atoms with E-state index in [0.717, 1.165) is 35.7 Å². The first-order chi connectivity index (χ1) is 16.3. The predicted octanol–water partition coefficient (Wildman–Crippen LogP) is 5.67. The van der Waals surface area contributed by atoms with Gasteiger partial charge in [0, 0.05) is 29.2 Å². The van der Waals surface area contributed by atoms with Crippen LogP contribution >= 0.6 is 15.9 Å². The van der Waals surface area contributed by atoms with Gasteiger partial charge in [0.2, 0.25) is 5.79 Å². The number of rotatable bonds is 6. The molecule has 1 aromatic carbocycles. The van der Waals surface area contributed by atoms with Crippen LogP contribution < -0.4 is 0 Å². The van der Waals surface area contributed by atoms with Gasteiger partial charge in [-0.3, -0.25) is 4.79 Å². The average Bonchev–Trinajstić information content (AvgIpc) is 3.06. The summed E-state index contributed by atoms with van der Waals surface area (Å²) in [4.78, 5) is 24.0. The Hall–Kier alpha value is -1.03. The van der Waals surface area contributed by atoms with Gasteiger partial charge < -0.3 is 18.9 Å². The van der Waals surface area contributed by atoms with E-state index in [4.69, 9.17) is 28.7 Å². The first-order valence-electron chi connectivity index (χ1n) is 12.4. The van der Waals surface area contributed by atoms with Crippen molar-refractivity contribution in [2.45, 2.75) is 89.4 Å². The number of esters is 1. The summed E-state index contributed by atoms with van der Waals surface area (Å²) in [6, 6.07) is 8.00. The number of halogens is 1. The molecule has 4 saturated heterocycles. The molecular weight excluding hydrogens is 504 g/mol. The van der Waals surface area contributed by atoms with E-state index < -0.39 is 24.0 Å². The Balaban J connectivity index is 1.42. The van der Waals surface area contributed by atoms with Gasteiger partial charge in [-0.1, -0.05) is 41.9 Å². The molecule has 0 radical (unpaired) electrons. The Labute approximate surface area is 209 Å². The van der Waals surface area contributed by atoms with Gasteiger partial charge in [0.05, 0.1) is 13.2 Å². The van der Waals surface area contributed by atoms with Crippen molar-refractivity contribution in [2.75, 3.05) is 7.11 Å². The summed E-state index contributed by atoms with van der Waals surface area (Å²) < 4.78 is 25.5. The van der Waals surface area contributed by atoms with Gasteiger partial charge in [0.15, 0.2) is 18.2 Å². The number of hydrogen-bond acceptors (Lipinski definition) is 7. The Kier molecular flexibility index (Phi) is 6.85. The number of fused-ring (bicyclic) bond motifs is 2. The van der Waals surface area contributed by atoms with Gasteiger partial charge in [0.25, 0.3) is 0 Å². The zero-order valence-electron chi connectivity index (χ0n) is 20.3. The van der Waals surface area contributed by atoms with Crippen molar-refractivity contribution in [3.63, 3.8) is 0 Å². The first kappa shape index (κ1) is 24.7. The number of ether oxygens (including phenoxy) is 4. The molecular formula is C26H35BrO7. The highest BCUT2D eigenvalue weighted by atomic mass is 79.9. The van der Waals surface area contributed by atoms with Crippen LogP contribution in [0.25, 0.3) is 0 Å². The molecule has 1 aliphatic carbocycles. The number of benzene rings is 1. The lowest BCUT2D eigenvalue weighted by molar-refractivity contribution is -0.578. The SMILES string of the molecule is COC(=O)CCC(O[C@H]1O[C@@H]2OC3(C)CC[C@H]4[C@H](C)CCC([C@H]1C)C24OO3)c1ccc(Br)cc1. The fraction of sp³-hybridized carbons (Fsp3) is 0.731. The quantitative estimate of drug-likeness (QED) is 0.341. The van der Waals surface area contributed by atoms with Gasteiger partial charge in [0.1, 0.15) is 0 Å². The summed E-state index contributed by atoms with van der Waals surface area (Å²) in [5.74, 6) is -0.00288. The lowest BCUT2D eigenvalue weighted by atomic mass is 9.58. The molecule has 5 aliphatic rings. The normalized spacial score (nSPS) is 41.9. The molecule has 9 atom stereocenters. The maximum absolute atomic E-state index is 11.9. The van der Waals surface area contributed by atoms with Gasteiger partial charge >= 0.3 is 5.97 Å². The van der Waals surface area contributed by atoms with Crippen LogP contribution in [0.4, 0.5) is 0 Å². The van der Waals surface area contributed by atoms with Crippen LogP contribution in [0.5, 0.6) is 0 Å². The minimum Gasteiger partial charge on any atom is -0.469 e. The Bertz CT molecular complexity index is 894. The maximum Gasteiger partial charge on any atom is 0.305 e. The van der Waals surface area contributed by atoms with Crippen molar-refractivity contribution < 1.29 is 33.5 Å². The predicted molar refractivity (Wildman–Crippen MR) is 126 cm³/mol. The summed E-state index contributed by atoms with van der Waals surface area (Å²) >= 11 is 3.50. The average molecular weight is 539 g/mol. The van der Waals surface area contributed by atoms with E-state index in [9.17, 15) is 4.79 Å². The van der Waals surface area contributed by atoms with E-state index in [1.165, 1.54) is 7.11 Å². The standard InChI is InChI=1S/C26H35BrO7/c1-15-5-10-20-16(2)23(31-24-26(20)19(15)13-14-25(3,32-24)33-34-26)30-21(11-12-22(28)29-4)17-6-8-18(27)9-7-17/h6-9,15-16,19-21,23-24H,5,10-14H2,1-4H3/t15-,16-,19+,20?,21?,23+,24-,25?,26?/m1/s1. The largest absolute Gasteiger partial charge is 0.469 e. The molecule has 5 fully saturated rings. The molecule has 188 valence electrons. The van der Waals surface area contributed by atoms with E-state index in [0.29, 0.717) is 18.3 Å². The van der Waals surface area contributed by atoms with Crippen LogP contribution in [0.15, 0.2) is 28.7 Å². The lowest BCUT2D eigenvalue weighted by Crippen LogP contribution is -2.70. The third-order valence-corrected chi connectivity index (χ3v) is 9.00. The highest BCUT2D eigenvalue weighted by Gasteiger charge is 2.69. The highest BCUT2D eigenvalue weighted by Crippen LogP contribution is 2.60. The van der Waals surface area contributed by atoms with Gasteiger partial charge in [-0.15, -0.1) is 0 Å². The molecule has 1 saturated carbocycles. The van der Waals surface area contributed by atoms with Crippen LogP contribution in [-0.4, -0.2) is 37.0 Å². The number of carbonyl (C=O) groups is 1. The first-order valence-corrected chi connectivity index (χ1v) is 13.2. The fourth-order valence-corrected chi connectivity index (χ4v) is 6.80. The summed E-state index contributed by atoms with van der Waals surface area (Å²) in [5.41, 5.74) is 0.375. The summed E-state index contributed by atoms with van der Waals surface area (Å²) in [7, 11) is 1.41. The molecule has 8 heteroatoms. The molecule has 1 aromatic rings. The van der Waals surface area contributed by atoms with E-state index in [-0.39, 0.29) is 30.3 Å². The molecule has 2 bridgehead atoms. The number of carbonyl (C=O) groups excluding carboxylic acids is 1. The third kappa shape index (κ3) is 4.24. The van der Waals surface area contributed by atoms with Crippen LogP contribution in [0, 0.1) is 23.7 Å². The Morgan fingerprint density at radius 3 is 2.65 bits per heavy atom. The molecule has 6 rings (SSSR count). The van der Waals surface area contributed by atoms with Crippen LogP contribution in [0.3, 0.4) is 0 Å². The lowest BCUT2D eigenvalue weighted by Gasteiger charge is -2.60. The summed E-state index contributed by atoms with van der Waals surface area (Å²) in [6.07, 6.45) is 3.31. The zero-order valence-corrected chi connectivity index (χ0v) is 21.9. The van der Waals surface area contributed by atoms with Crippen LogP contribution in [-0.2, 0) is 33.5 Å². The van der Waals surface area contributed by atoms with Crippen molar-refractivity contribution in [1.29, 1.82) is 0 Å². The number of hydrogen-bond donors (Lipinski definition) is 0. The molecule has 0 aromatic heterocycles. The Morgan fingerprint density at radius 2 is 1.91 bits per heavy atom. The monoisotopic (exact) mass is 538 g/mol. The molecule has 4 aliphatic heterocycles. The van der Waals surface area contributed by atoms with Gasteiger partial charge in [-0.25, -0.2) is 9.78 Å². The fourth-order valence-electron chi connectivity index (χ4n) is 6.53. The minimum absolute atomic E-state index is 0.0666. The van der Waals surface area contributed by atoms with E-state index in [1.807, 2.05) is 31.2 Å². The van der Waals surface area contributed by atoms with Crippen molar-refractivity contribution in [2.24, 2.45) is 23.7 Å². The molecule has 4 heterocycles. The second-order valence-electron chi connectivity index (χ2n) is 10.6. The molecule has 1 spiro atoms. The smallest absolute Gasteiger partial charge is 0.305 e.